The van der Waals surface area contributed by atoms with Crippen LogP contribution in [0.25, 0.3) is 0 Å². The molecule has 11 heteroatoms. The minimum Gasteiger partial charge on any atom is -0.481 e. The molecule has 0 aliphatic carbocycles. The van der Waals surface area contributed by atoms with E-state index < -0.39 is 18.1 Å². The van der Waals surface area contributed by atoms with Crippen molar-refractivity contribution in [2.45, 2.75) is 26.1 Å². The number of aliphatic carboxylic acids is 2. The van der Waals surface area contributed by atoms with Crippen LogP contribution in [0.4, 0.5) is 13.2 Å². The Hall–Kier alpha value is -2.72. The summed E-state index contributed by atoms with van der Waals surface area (Å²) >= 11 is 0. The highest BCUT2D eigenvalue weighted by atomic mass is 19.4. The fourth-order valence-corrected chi connectivity index (χ4v) is 1.26. The molecule has 1 aromatic rings. The molecule has 0 saturated heterocycles. The number of carbonyl (C=O) groups excluding carboxylic acids is 1. The molecule has 0 atom stereocenters. The predicted molar refractivity (Wildman–Crippen MR) is 68.5 cm³/mol. The van der Waals surface area contributed by atoms with Gasteiger partial charge in [0, 0.05) is 12.6 Å². The third kappa shape index (κ3) is 7.74. The van der Waals surface area contributed by atoms with Crippen LogP contribution in [0, 0.1) is 6.92 Å². The van der Waals surface area contributed by atoms with Crippen LogP contribution in [-0.2, 0) is 16.1 Å². The van der Waals surface area contributed by atoms with Crippen LogP contribution in [0.3, 0.4) is 0 Å². The summed E-state index contributed by atoms with van der Waals surface area (Å²) in [7, 11) is 1.55. The number of hydrogen-bond acceptors (Lipinski definition) is 4. The van der Waals surface area contributed by atoms with Crippen LogP contribution >= 0.6 is 0 Å². The van der Waals surface area contributed by atoms with Gasteiger partial charge in [-0.25, -0.2) is 4.79 Å². The number of halogens is 3. The molecule has 1 amide bonds. The molecule has 0 aromatic carbocycles. The fraction of sp³-hybridized carbons (Fsp3) is 0.417. The largest absolute Gasteiger partial charge is 0.490 e. The van der Waals surface area contributed by atoms with Gasteiger partial charge in [-0.1, -0.05) is 4.68 Å². The lowest BCUT2D eigenvalue weighted by Gasteiger charge is -2.01. The Labute approximate surface area is 128 Å². The summed E-state index contributed by atoms with van der Waals surface area (Å²) in [5, 5.41) is 22.1. The average Bonchev–Trinajstić information content (AvgIpc) is 2.44. The summed E-state index contributed by atoms with van der Waals surface area (Å²) in [4.78, 5) is 30.6. The summed E-state index contributed by atoms with van der Waals surface area (Å²) in [6.07, 6.45) is -1.97. The molecule has 0 saturated carbocycles. The van der Waals surface area contributed by atoms with E-state index in [0.717, 1.165) is 5.56 Å². The highest BCUT2D eigenvalue weighted by Gasteiger charge is 2.38. The number of alkyl halides is 3. The first kappa shape index (κ1) is 20.3. The lowest BCUT2D eigenvalue weighted by molar-refractivity contribution is -0.753. The van der Waals surface area contributed by atoms with Gasteiger partial charge in [-0.15, -0.1) is 0 Å². The number of aromatic nitrogens is 2. The Bertz CT molecular complexity index is 590. The van der Waals surface area contributed by atoms with E-state index in [1.165, 1.54) is 10.9 Å². The molecule has 0 unspecified atom stereocenters. The Morgan fingerprint density at radius 3 is 2.17 bits per heavy atom. The Morgan fingerprint density at radius 1 is 1.30 bits per heavy atom. The molecule has 0 fully saturated rings. The number of amides is 1. The maximum atomic E-state index is 11.4. The van der Waals surface area contributed by atoms with Gasteiger partial charge in [0.15, 0.2) is 12.7 Å². The van der Waals surface area contributed by atoms with Gasteiger partial charge in [0.05, 0.1) is 5.56 Å². The predicted octanol–water partition coefficient (Wildman–Crippen LogP) is 0.145. The summed E-state index contributed by atoms with van der Waals surface area (Å²) in [5.41, 5.74) is 1.26. The van der Waals surface area contributed by atoms with Crippen molar-refractivity contribution in [3.63, 3.8) is 0 Å². The van der Waals surface area contributed by atoms with E-state index in [0.29, 0.717) is 12.1 Å². The molecule has 0 aliphatic heterocycles. The number of carboxylic acid groups (broad SMARTS) is 2. The van der Waals surface area contributed by atoms with Crippen molar-refractivity contribution in [1.82, 2.24) is 10.4 Å². The van der Waals surface area contributed by atoms with Crippen molar-refractivity contribution in [2.24, 2.45) is 0 Å². The van der Waals surface area contributed by atoms with Crippen LogP contribution < -0.4 is 10.00 Å². The third-order valence-electron chi connectivity index (χ3n) is 2.37. The number of nitrogens with zero attached hydrogens (tertiary/aromatic N) is 2. The van der Waals surface area contributed by atoms with E-state index in [4.69, 9.17) is 15.0 Å². The highest BCUT2D eigenvalue weighted by Crippen LogP contribution is 2.13. The van der Waals surface area contributed by atoms with Gasteiger partial charge in [-0.05, 0) is 12.0 Å². The monoisotopic (exact) mass is 338 g/mol. The van der Waals surface area contributed by atoms with E-state index in [-0.39, 0.29) is 12.3 Å². The molecule has 0 radical (unpaired) electrons. The van der Waals surface area contributed by atoms with Gasteiger partial charge in [-0.3, -0.25) is 9.59 Å². The first-order valence-electron chi connectivity index (χ1n) is 6.09. The lowest BCUT2D eigenvalue weighted by Crippen LogP contribution is -2.39. The summed E-state index contributed by atoms with van der Waals surface area (Å²) in [6, 6.07) is 0. The smallest absolute Gasteiger partial charge is 0.481 e. The van der Waals surface area contributed by atoms with Gasteiger partial charge < -0.3 is 15.5 Å². The number of rotatable bonds is 4. The molecule has 1 heterocycles. The standard InChI is InChI=1S/C10H13N3O3.C2HF3O2/c1-7-6-13(4-3-9(14)15)12-5-8(7)10(16)11-2;3-2(4,5)1(6)7/h5-6H,3-4H2,1-2H3,(H-,11,14,15,16);(H,6,7)/p+1. The summed E-state index contributed by atoms with van der Waals surface area (Å²) < 4.78 is 33.2. The molecule has 3 N–H and O–H groups in total. The zero-order valence-electron chi connectivity index (χ0n) is 12.2. The average molecular weight is 338 g/mol. The quantitative estimate of drug-likeness (QED) is 0.672. The SMILES string of the molecule is CNC(=O)c1cn[n+](CCC(=O)O)cc1C.O=C(O)C(F)(F)F. The van der Waals surface area contributed by atoms with Crippen LogP contribution in [0.2, 0.25) is 0 Å². The molecule has 23 heavy (non-hydrogen) atoms. The van der Waals surface area contributed by atoms with E-state index in [9.17, 15) is 22.8 Å². The minimum atomic E-state index is -5.08. The second-order valence-corrected chi connectivity index (χ2v) is 4.16. The molecular formula is C12H15F3N3O5+. The number of carboxylic acids is 2. The maximum absolute atomic E-state index is 11.4. The number of nitrogens with one attached hydrogen (secondary N) is 1. The highest BCUT2D eigenvalue weighted by molar-refractivity contribution is 5.94. The molecule has 1 rings (SSSR count). The first-order chi connectivity index (χ1) is 10.5. The number of hydrogen-bond donors (Lipinski definition) is 3. The van der Waals surface area contributed by atoms with Crippen LogP contribution in [0.5, 0.6) is 0 Å². The van der Waals surface area contributed by atoms with Crippen LogP contribution in [0.1, 0.15) is 22.3 Å². The van der Waals surface area contributed by atoms with Crippen molar-refractivity contribution in [2.75, 3.05) is 7.05 Å². The first-order valence-corrected chi connectivity index (χ1v) is 6.09. The van der Waals surface area contributed by atoms with E-state index in [1.807, 2.05) is 0 Å². The lowest BCUT2D eigenvalue weighted by atomic mass is 10.2. The van der Waals surface area contributed by atoms with Crippen LogP contribution in [-0.4, -0.2) is 46.4 Å². The second kappa shape index (κ2) is 8.66. The fourth-order valence-electron chi connectivity index (χ4n) is 1.26. The van der Waals surface area contributed by atoms with Gasteiger partial charge in [0.1, 0.15) is 12.6 Å². The van der Waals surface area contributed by atoms with E-state index in [2.05, 4.69) is 10.4 Å². The zero-order chi connectivity index (χ0) is 18.2. The van der Waals surface area contributed by atoms with Gasteiger partial charge in [0.2, 0.25) is 0 Å². The Morgan fingerprint density at radius 2 is 1.83 bits per heavy atom. The number of aryl methyl sites for hydroxylation is 2. The van der Waals surface area contributed by atoms with Crippen molar-refractivity contribution in [1.29, 1.82) is 0 Å². The molecule has 8 nitrogen and oxygen atoms in total. The minimum absolute atomic E-state index is 0.0103. The normalized spacial score (nSPS) is 10.3. The maximum Gasteiger partial charge on any atom is 0.490 e. The molecule has 0 aliphatic rings. The van der Waals surface area contributed by atoms with Crippen molar-refractivity contribution in [3.05, 3.63) is 23.5 Å². The Balaban J connectivity index is 0.000000585. The van der Waals surface area contributed by atoms with Gasteiger partial charge in [0.25, 0.3) is 5.91 Å². The van der Waals surface area contributed by atoms with Crippen molar-refractivity contribution < 1.29 is 42.4 Å². The number of carbonyl (C=O) groups is 3. The molecular weight excluding hydrogens is 323 g/mol. The third-order valence-corrected chi connectivity index (χ3v) is 2.37. The Kier molecular flexibility index (Phi) is 7.63. The van der Waals surface area contributed by atoms with Crippen LogP contribution in [0.15, 0.2) is 12.4 Å². The molecule has 1 aromatic heterocycles. The summed E-state index contributed by atoms with van der Waals surface area (Å²) in [6.45, 7) is 2.08. The molecule has 0 bridgehead atoms. The zero-order valence-corrected chi connectivity index (χ0v) is 12.2. The topological polar surface area (TPSA) is 120 Å². The van der Waals surface area contributed by atoms with E-state index in [1.54, 1.807) is 20.2 Å². The van der Waals surface area contributed by atoms with Crippen molar-refractivity contribution in [3.8, 4) is 0 Å². The van der Waals surface area contributed by atoms with E-state index >= 15 is 0 Å². The van der Waals surface area contributed by atoms with Gasteiger partial charge in [-0.2, -0.15) is 13.2 Å². The molecule has 0 spiro atoms. The van der Waals surface area contributed by atoms with Crippen molar-refractivity contribution >= 4 is 17.8 Å². The second-order valence-electron chi connectivity index (χ2n) is 4.16. The summed E-state index contributed by atoms with van der Waals surface area (Å²) in [5.74, 6) is -3.83. The molecule has 128 valence electrons. The van der Waals surface area contributed by atoms with Gasteiger partial charge >= 0.3 is 18.1 Å².